The highest BCUT2D eigenvalue weighted by Crippen LogP contribution is 2.32. The molecule has 3 heterocycles. The molecule has 2 aromatic heterocycles. The van der Waals surface area contributed by atoms with Gasteiger partial charge in [0, 0.05) is 31.5 Å². The van der Waals surface area contributed by atoms with Gasteiger partial charge in [0.1, 0.15) is 29.5 Å². The van der Waals surface area contributed by atoms with Crippen molar-refractivity contribution in [2.75, 3.05) is 45.3 Å². The maximum atomic E-state index is 15.1. The summed E-state index contributed by atoms with van der Waals surface area (Å²) in [5.41, 5.74) is 2.30. The third-order valence-corrected chi connectivity index (χ3v) is 7.91. The number of imidazole rings is 1. The number of hydrogen-bond acceptors (Lipinski definition) is 7. The fourth-order valence-corrected chi connectivity index (χ4v) is 5.65. The Bertz CT molecular complexity index is 1390. The fourth-order valence-electron chi connectivity index (χ4n) is 5.65. The summed E-state index contributed by atoms with van der Waals surface area (Å²) >= 11 is 0. The summed E-state index contributed by atoms with van der Waals surface area (Å²) in [5.74, 6) is 1.09. The van der Waals surface area contributed by atoms with Crippen LogP contribution in [0.25, 0.3) is 11.0 Å². The van der Waals surface area contributed by atoms with Crippen molar-refractivity contribution >= 4 is 29.3 Å². The fraction of sp³-hybridized carbons (Fsp3) is 0.484. The van der Waals surface area contributed by atoms with Gasteiger partial charge in [-0.15, -0.1) is 0 Å². The monoisotopic (exact) mass is 565 g/mol. The van der Waals surface area contributed by atoms with Gasteiger partial charge in [-0.1, -0.05) is 13.0 Å². The number of nitrogens with one attached hydrogen (secondary N) is 1. The lowest BCUT2D eigenvalue weighted by atomic mass is 9.82. The Morgan fingerprint density at radius 3 is 2.63 bits per heavy atom. The molecule has 1 aliphatic rings. The number of halogens is 2. The Morgan fingerprint density at radius 1 is 1.24 bits per heavy atom. The van der Waals surface area contributed by atoms with Gasteiger partial charge < -0.3 is 19.5 Å². The van der Waals surface area contributed by atoms with Crippen molar-refractivity contribution in [1.29, 1.82) is 0 Å². The van der Waals surface area contributed by atoms with Crippen molar-refractivity contribution in [3.05, 3.63) is 65.3 Å². The van der Waals surface area contributed by atoms with Gasteiger partial charge in [0.25, 0.3) is 0 Å². The second-order valence-electron chi connectivity index (χ2n) is 10.9. The predicted octanol–water partition coefficient (Wildman–Crippen LogP) is 6.29. The molecule has 0 saturated carbocycles. The van der Waals surface area contributed by atoms with E-state index in [1.54, 1.807) is 13.2 Å². The molecule has 1 saturated heterocycles. The van der Waals surface area contributed by atoms with Crippen molar-refractivity contribution in [3.8, 4) is 0 Å². The van der Waals surface area contributed by atoms with Crippen LogP contribution in [-0.4, -0.2) is 71.9 Å². The van der Waals surface area contributed by atoms with Crippen LogP contribution in [0.3, 0.4) is 0 Å². The van der Waals surface area contributed by atoms with Gasteiger partial charge in [0.05, 0.1) is 18.3 Å². The number of ether oxygens (including phenoxy) is 1. The van der Waals surface area contributed by atoms with Crippen molar-refractivity contribution in [3.63, 3.8) is 0 Å². The molecule has 1 atom stereocenters. The molecule has 10 heteroatoms. The average Bonchev–Trinajstić information content (AvgIpc) is 3.31. The topological polar surface area (TPSA) is 79.9 Å². The third-order valence-electron chi connectivity index (χ3n) is 7.91. The zero-order chi connectivity index (χ0) is 29.5. The third kappa shape index (κ3) is 7.23. The standard InChI is InChI=1S/C31H41F2N7O/c1-20(2)40-22(4)38-31-26(32)15-25(16-28(31)40)30(27(33)18-34-5)37-19-36-29-8-7-24(17-35-29)21(3)23-9-11-39(12-10-23)13-14-41-6/h7-8,15-18,20-21,23H,5,9-14,19H2,1-4,6H3,(H,35,36)/b27-18+,37-30-. The maximum Gasteiger partial charge on any atom is 0.167 e. The van der Waals surface area contributed by atoms with Crippen molar-refractivity contribution < 1.29 is 13.5 Å². The molecule has 0 amide bonds. The molecule has 1 fully saturated rings. The lowest BCUT2D eigenvalue weighted by Gasteiger charge is -2.34. The number of fused-ring (bicyclic) bond motifs is 1. The highest BCUT2D eigenvalue weighted by molar-refractivity contribution is 6.12. The van der Waals surface area contributed by atoms with Crippen LogP contribution in [0.4, 0.5) is 14.6 Å². The first kappa shape index (κ1) is 30.5. The van der Waals surface area contributed by atoms with Gasteiger partial charge >= 0.3 is 0 Å². The molecule has 0 bridgehead atoms. The van der Waals surface area contributed by atoms with Gasteiger partial charge in [0.15, 0.2) is 11.6 Å². The minimum absolute atomic E-state index is 0.0260. The van der Waals surface area contributed by atoms with Crippen molar-refractivity contribution in [2.45, 2.75) is 52.5 Å². The van der Waals surface area contributed by atoms with Gasteiger partial charge in [-0.2, -0.15) is 0 Å². The Labute approximate surface area is 241 Å². The van der Waals surface area contributed by atoms with E-state index < -0.39 is 11.6 Å². The first-order chi connectivity index (χ1) is 19.7. The van der Waals surface area contributed by atoms with E-state index in [1.807, 2.05) is 37.6 Å². The molecule has 220 valence electrons. The highest BCUT2D eigenvalue weighted by Gasteiger charge is 2.25. The molecule has 0 spiro atoms. The van der Waals surface area contributed by atoms with Crippen LogP contribution in [-0.2, 0) is 4.74 Å². The lowest BCUT2D eigenvalue weighted by molar-refractivity contribution is 0.115. The number of hydrogen-bond donors (Lipinski definition) is 1. The molecule has 1 N–H and O–H groups in total. The quantitative estimate of drug-likeness (QED) is 0.261. The highest BCUT2D eigenvalue weighted by atomic mass is 19.1. The average molecular weight is 566 g/mol. The second kappa shape index (κ2) is 13.9. The molecule has 0 radical (unpaired) electrons. The van der Waals surface area contributed by atoms with Crippen LogP contribution in [0.5, 0.6) is 0 Å². The van der Waals surface area contributed by atoms with E-state index in [9.17, 15) is 0 Å². The van der Waals surface area contributed by atoms with Gasteiger partial charge in [-0.25, -0.2) is 18.7 Å². The predicted molar refractivity (Wildman–Crippen MR) is 162 cm³/mol. The summed E-state index contributed by atoms with van der Waals surface area (Å²) < 4.78 is 37.3. The number of anilines is 1. The van der Waals surface area contributed by atoms with E-state index in [1.165, 1.54) is 11.6 Å². The summed E-state index contributed by atoms with van der Waals surface area (Å²) in [6.07, 6.45) is 5.19. The first-order valence-electron chi connectivity index (χ1n) is 14.2. The molecule has 4 rings (SSSR count). The van der Waals surface area contributed by atoms with E-state index in [0.717, 1.165) is 45.3 Å². The SMILES string of the molecule is C=N/C=C(F)\C(=N/CNc1ccc(C(C)C2CCN(CCOC)CC2)cn1)c1cc(F)c2nc(C)n(C(C)C)c2c1. The minimum atomic E-state index is -0.710. The van der Waals surface area contributed by atoms with Gasteiger partial charge in [-0.3, -0.25) is 9.98 Å². The van der Waals surface area contributed by atoms with E-state index in [-0.39, 0.29) is 23.9 Å². The number of methoxy groups -OCH3 is 1. The molecule has 1 aliphatic heterocycles. The molecular formula is C31H41F2N7O. The number of nitrogens with zero attached hydrogens (tertiary/aromatic N) is 6. The summed E-state index contributed by atoms with van der Waals surface area (Å²) in [6.45, 7) is 15.4. The van der Waals surface area contributed by atoms with Crippen LogP contribution >= 0.6 is 0 Å². The van der Waals surface area contributed by atoms with Gasteiger partial charge in [0.2, 0.25) is 0 Å². The molecule has 1 unspecified atom stereocenters. The second-order valence-corrected chi connectivity index (χ2v) is 10.9. The van der Waals surface area contributed by atoms with Crippen LogP contribution < -0.4 is 5.32 Å². The van der Waals surface area contributed by atoms with Crippen LogP contribution in [0.2, 0.25) is 0 Å². The van der Waals surface area contributed by atoms with Gasteiger partial charge in [-0.05, 0) is 89.0 Å². The Hall–Kier alpha value is -3.50. The molecule has 8 nitrogen and oxygen atoms in total. The summed E-state index contributed by atoms with van der Waals surface area (Å²) in [7, 11) is 1.74. The first-order valence-corrected chi connectivity index (χ1v) is 14.2. The number of aryl methyl sites for hydroxylation is 1. The Morgan fingerprint density at radius 2 is 2.00 bits per heavy atom. The zero-order valence-electron chi connectivity index (χ0n) is 24.7. The minimum Gasteiger partial charge on any atom is -0.383 e. The zero-order valence-corrected chi connectivity index (χ0v) is 24.7. The maximum absolute atomic E-state index is 15.1. The molecular weight excluding hydrogens is 524 g/mol. The number of allylic oxidation sites excluding steroid dienone is 1. The summed E-state index contributed by atoms with van der Waals surface area (Å²) in [4.78, 5) is 19.4. The Kier molecular flexibility index (Phi) is 10.3. The van der Waals surface area contributed by atoms with E-state index in [0.29, 0.717) is 34.6 Å². The number of benzene rings is 1. The van der Waals surface area contributed by atoms with Crippen LogP contribution in [0, 0.1) is 18.7 Å². The van der Waals surface area contributed by atoms with Crippen molar-refractivity contribution in [1.82, 2.24) is 19.4 Å². The number of likely N-dealkylation sites (tertiary alicyclic amines) is 1. The molecule has 1 aromatic carbocycles. The normalized spacial score (nSPS) is 16.5. The smallest absolute Gasteiger partial charge is 0.167 e. The summed E-state index contributed by atoms with van der Waals surface area (Å²) in [6, 6.07) is 7.03. The van der Waals surface area contributed by atoms with E-state index in [4.69, 9.17) is 4.74 Å². The Balaban J connectivity index is 1.47. The van der Waals surface area contributed by atoms with Crippen molar-refractivity contribution in [2.24, 2.45) is 15.9 Å². The number of aromatic nitrogens is 3. The van der Waals surface area contributed by atoms with E-state index in [2.05, 4.69) is 49.9 Å². The largest absolute Gasteiger partial charge is 0.383 e. The lowest BCUT2D eigenvalue weighted by Crippen LogP contribution is -2.37. The van der Waals surface area contributed by atoms with E-state index >= 15 is 8.78 Å². The molecule has 41 heavy (non-hydrogen) atoms. The molecule has 3 aromatic rings. The number of piperidine rings is 1. The summed E-state index contributed by atoms with van der Waals surface area (Å²) in [5, 5.41) is 3.13. The number of rotatable bonds is 12. The van der Waals surface area contributed by atoms with Crippen LogP contribution in [0.15, 0.2) is 52.5 Å². The molecule has 0 aliphatic carbocycles. The van der Waals surface area contributed by atoms with Crippen LogP contribution in [0.1, 0.15) is 62.5 Å². The number of aliphatic imine (C=N–C) groups is 2. The number of pyridine rings is 1.